The summed E-state index contributed by atoms with van der Waals surface area (Å²) in [7, 11) is 0. The summed E-state index contributed by atoms with van der Waals surface area (Å²) in [4.78, 5) is 22.4. The fraction of sp³-hybridized carbons (Fsp3) is 0.273. The van der Waals surface area contributed by atoms with Crippen molar-refractivity contribution in [2.45, 2.75) is 19.9 Å². The highest BCUT2D eigenvalue weighted by atomic mass is 16.2. The summed E-state index contributed by atoms with van der Waals surface area (Å²) in [6.07, 6.45) is 0. The fourth-order valence-electron chi connectivity index (χ4n) is 1.72. The molecule has 1 saturated heterocycles. The van der Waals surface area contributed by atoms with E-state index in [1.807, 2.05) is 32.0 Å². The maximum absolute atomic E-state index is 11.5. The summed E-state index contributed by atoms with van der Waals surface area (Å²) in [5.74, 6) is -0.284. The molecule has 0 aliphatic carbocycles. The molecule has 0 spiro atoms. The molecule has 1 heterocycles. The highest BCUT2D eigenvalue weighted by Crippen LogP contribution is 2.22. The highest BCUT2D eigenvalue weighted by Gasteiger charge is 2.31. The van der Waals surface area contributed by atoms with Gasteiger partial charge in [-0.15, -0.1) is 0 Å². The summed E-state index contributed by atoms with van der Waals surface area (Å²) in [6, 6.07) is 4.75. The molecular weight excluding hydrogens is 192 g/mol. The van der Waals surface area contributed by atoms with E-state index in [0.29, 0.717) is 0 Å². The number of amides is 3. The first-order chi connectivity index (χ1) is 7.09. The van der Waals surface area contributed by atoms with E-state index in [1.165, 1.54) is 0 Å². The van der Waals surface area contributed by atoms with Crippen LogP contribution in [0.3, 0.4) is 0 Å². The molecule has 1 atom stereocenters. The van der Waals surface area contributed by atoms with Crippen LogP contribution in [0.4, 0.5) is 4.79 Å². The lowest BCUT2D eigenvalue weighted by molar-refractivity contribution is -0.120. The van der Waals surface area contributed by atoms with Gasteiger partial charge >= 0.3 is 6.03 Å². The molecule has 1 aromatic rings. The van der Waals surface area contributed by atoms with Gasteiger partial charge in [0.1, 0.15) is 6.04 Å². The first-order valence-corrected chi connectivity index (χ1v) is 4.77. The second-order valence-electron chi connectivity index (χ2n) is 3.68. The molecule has 2 rings (SSSR count). The predicted molar refractivity (Wildman–Crippen MR) is 55.3 cm³/mol. The number of imide groups is 1. The van der Waals surface area contributed by atoms with Crippen LogP contribution in [-0.2, 0) is 4.79 Å². The molecule has 0 aromatic heterocycles. The average Bonchev–Trinajstić information content (AvgIpc) is 2.50. The van der Waals surface area contributed by atoms with Crippen LogP contribution < -0.4 is 10.6 Å². The van der Waals surface area contributed by atoms with Crippen molar-refractivity contribution >= 4 is 11.9 Å². The summed E-state index contributed by atoms with van der Waals surface area (Å²) >= 11 is 0. The van der Waals surface area contributed by atoms with Crippen LogP contribution in [0.5, 0.6) is 0 Å². The van der Waals surface area contributed by atoms with Crippen molar-refractivity contribution in [3.63, 3.8) is 0 Å². The molecule has 0 radical (unpaired) electrons. The molecule has 0 bridgehead atoms. The van der Waals surface area contributed by atoms with Gasteiger partial charge in [-0.25, -0.2) is 4.79 Å². The standard InChI is InChI=1S/C11H12N2O2/c1-6-4-3-5-8(7(6)2)9-10(14)13-11(15)12-9/h3-5,9H,1-2H3,(H2,12,13,14,15)/t9-/m0/s1. The van der Waals surface area contributed by atoms with Crippen LogP contribution in [-0.4, -0.2) is 11.9 Å². The van der Waals surface area contributed by atoms with Crippen LogP contribution in [0.25, 0.3) is 0 Å². The number of rotatable bonds is 1. The Morgan fingerprint density at radius 2 is 1.93 bits per heavy atom. The first-order valence-electron chi connectivity index (χ1n) is 4.77. The molecular formula is C11H12N2O2. The van der Waals surface area contributed by atoms with Gasteiger partial charge in [-0.05, 0) is 30.5 Å². The summed E-state index contributed by atoms with van der Waals surface area (Å²) in [6.45, 7) is 3.93. The van der Waals surface area contributed by atoms with E-state index < -0.39 is 12.1 Å². The smallest absolute Gasteiger partial charge is 0.322 e. The van der Waals surface area contributed by atoms with Crippen molar-refractivity contribution in [1.29, 1.82) is 0 Å². The van der Waals surface area contributed by atoms with Crippen LogP contribution in [0.15, 0.2) is 18.2 Å². The minimum atomic E-state index is -0.544. The molecule has 78 valence electrons. The Balaban J connectivity index is 2.42. The van der Waals surface area contributed by atoms with Crippen LogP contribution in [0.1, 0.15) is 22.7 Å². The van der Waals surface area contributed by atoms with E-state index >= 15 is 0 Å². The summed E-state index contributed by atoms with van der Waals surface area (Å²) < 4.78 is 0. The largest absolute Gasteiger partial charge is 0.322 e. The van der Waals surface area contributed by atoms with Gasteiger partial charge < -0.3 is 5.32 Å². The van der Waals surface area contributed by atoms with Gasteiger partial charge in [0.2, 0.25) is 0 Å². The zero-order valence-corrected chi connectivity index (χ0v) is 8.63. The Hall–Kier alpha value is -1.84. The van der Waals surface area contributed by atoms with E-state index in [9.17, 15) is 9.59 Å². The van der Waals surface area contributed by atoms with E-state index in [0.717, 1.165) is 16.7 Å². The predicted octanol–water partition coefficient (Wildman–Crippen LogP) is 1.18. The number of nitrogens with one attached hydrogen (secondary N) is 2. The molecule has 4 nitrogen and oxygen atoms in total. The lowest BCUT2D eigenvalue weighted by atomic mass is 9.98. The average molecular weight is 204 g/mol. The number of carbonyl (C=O) groups is 2. The Morgan fingerprint density at radius 3 is 2.53 bits per heavy atom. The number of hydrogen-bond donors (Lipinski definition) is 2. The lowest BCUT2D eigenvalue weighted by Gasteiger charge is -2.12. The van der Waals surface area contributed by atoms with Crippen LogP contribution in [0, 0.1) is 13.8 Å². The van der Waals surface area contributed by atoms with Crippen molar-refractivity contribution in [3.05, 3.63) is 34.9 Å². The van der Waals surface area contributed by atoms with Gasteiger partial charge in [-0.3, -0.25) is 10.1 Å². The Bertz CT molecular complexity index is 440. The van der Waals surface area contributed by atoms with Crippen molar-refractivity contribution in [1.82, 2.24) is 10.6 Å². The zero-order valence-electron chi connectivity index (χ0n) is 8.63. The fourth-order valence-corrected chi connectivity index (χ4v) is 1.72. The van der Waals surface area contributed by atoms with Crippen molar-refractivity contribution in [2.24, 2.45) is 0 Å². The second-order valence-corrected chi connectivity index (χ2v) is 3.68. The van der Waals surface area contributed by atoms with Crippen molar-refractivity contribution < 1.29 is 9.59 Å². The van der Waals surface area contributed by atoms with Gasteiger partial charge in [-0.1, -0.05) is 18.2 Å². The Labute approximate surface area is 87.7 Å². The Morgan fingerprint density at radius 1 is 1.20 bits per heavy atom. The molecule has 3 amide bonds. The first kappa shape index (κ1) is 9.71. The van der Waals surface area contributed by atoms with E-state index in [4.69, 9.17) is 0 Å². The number of carbonyl (C=O) groups excluding carboxylic acids is 2. The molecule has 0 unspecified atom stereocenters. The summed E-state index contributed by atoms with van der Waals surface area (Å²) in [5, 5.41) is 4.81. The second kappa shape index (κ2) is 3.38. The molecule has 1 aliphatic heterocycles. The lowest BCUT2D eigenvalue weighted by Crippen LogP contribution is -2.22. The van der Waals surface area contributed by atoms with Gasteiger partial charge in [0.05, 0.1) is 0 Å². The van der Waals surface area contributed by atoms with Gasteiger partial charge in [0.25, 0.3) is 5.91 Å². The summed E-state index contributed by atoms with van der Waals surface area (Å²) in [5.41, 5.74) is 3.01. The third kappa shape index (κ3) is 1.58. The topological polar surface area (TPSA) is 58.2 Å². The normalized spacial score (nSPS) is 20.0. The van der Waals surface area contributed by atoms with Crippen molar-refractivity contribution in [2.75, 3.05) is 0 Å². The molecule has 1 aromatic carbocycles. The molecule has 1 fully saturated rings. The monoisotopic (exact) mass is 204 g/mol. The quantitative estimate of drug-likeness (QED) is 0.675. The SMILES string of the molecule is Cc1cccc([C@@H]2NC(=O)NC2=O)c1C. The van der Waals surface area contributed by atoms with E-state index in [-0.39, 0.29) is 5.91 Å². The van der Waals surface area contributed by atoms with Crippen LogP contribution in [0.2, 0.25) is 0 Å². The number of urea groups is 1. The highest BCUT2D eigenvalue weighted by molar-refractivity contribution is 6.04. The number of hydrogen-bond acceptors (Lipinski definition) is 2. The third-order valence-electron chi connectivity index (χ3n) is 2.73. The van der Waals surface area contributed by atoms with Crippen molar-refractivity contribution in [3.8, 4) is 0 Å². The molecule has 2 N–H and O–H groups in total. The minimum Gasteiger partial charge on any atom is -0.322 e. The van der Waals surface area contributed by atoms with Crippen LogP contribution >= 0.6 is 0 Å². The maximum atomic E-state index is 11.5. The van der Waals surface area contributed by atoms with E-state index in [1.54, 1.807) is 0 Å². The van der Waals surface area contributed by atoms with E-state index in [2.05, 4.69) is 10.6 Å². The number of aryl methyl sites for hydroxylation is 1. The third-order valence-corrected chi connectivity index (χ3v) is 2.73. The zero-order chi connectivity index (χ0) is 11.0. The maximum Gasteiger partial charge on any atom is 0.322 e. The molecule has 0 saturated carbocycles. The minimum absolute atomic E-state index is 0.284. The molecule has 15 heavy (non-hydrogen) atoms. The molecule has 4 heteroatoms. The van der Waals surface area contributed by atoms with Gasteiger partial charge in [0, 0.05) is 0 Å². The Kier molecular flexibility index (Phi) is 2.19. The number of benzene rings is 1. The van der Waals surface area contributed by atoms with Gasteiger partial charge in [0.15, 0.2) is 0 Å². The van der Waals surface area contributed by atoms with Gasteiger partial charge in [-0.2, -0.15) is 0 Å². The molecule has 1 aliphatic rings.